The minimum Gasteiger partial charge on any atom is -0.381 e. The Bertz CT molecular complexity index is 519. The second-order valence-corrected chi connectivity index (χ2v) is 6.33. The fraction of sp³-hybridized carbons (Fsp3) is 0.611. The van der Waals surface area contributed by atoms with Gasteiger partial charge in [0.15, 0.2) is 5.96 Å². The highest BCUT2D eigenvalue weighted by molar-refractivity contribution is 6.31. The van der Waals surface area contributed by atoms with Crippen LogP contribution in [0.1, 0.15) is 37.8 Å². The highest BCUT2D eigenvalue weighted by Crippen LogP contribution is 2.21. The van der Waals surface area contributed by atoms with Crippen molar-refractivity contribution in [2.75, 3.05) is 33.4 Å². The van der Waals surface area contributed by atoms with Crippen LogP contribution < -0.4 is 10.6 Å². The zero-order valence-corrected chi connectivity index (χ0v) is 15.3. The van der Waals surface area contributed by atoms with Crippen LogP contribution >= 0.6 is 11.6 Å². The van der Waals surface area contributed by atoms with Gasteiger partial charge in [-0.2, -0.15) is 0 Å². The lowest BCUT2D eigenvalue weighted by molar-refractivity contribution is -0.0320. The Morgan fingerprint density at radius 3 is 2.83 bits per heavy atom. The summed E-state index contributed by atoms with van der Waals surface area (Å²) in [4.78, 5) is 4.26. The molecule has 2 N–H and O–H groups in total. The standard InChI is InChI=1S/C18H28ClN3O2/c1-14(16-6-3-4-7-17(16)19)22-18(20-2)21-10-5-11-24-15-8-12-23-13-9-15/h3-4,6-7,14-15H,5,8-13H2,1-2H3,(H2,20,21,22). The van der Waals surface area contributed by atoms with Gasteiger partial charge in [-0.25, -0.2) is 0 Å². The first-order valence-electron chi connectivity index (χ1n) is 8.61. The Kier molecular flexibility index (Phi) is 8.36. The van der Waals surface area contributed by atoms with E-state index in [2.05, 4.69) is 22.5 Å². The molecular formula is C18H28ClN3O2. The van der Waals surface area contributed by atoms with Crippen LogP contribution in [0.5, 0.6) is 0 Å². The van der Waals surface area contributed by atoms with Gasteiger partial charge in [-0.3, -0.25) is 4.99 Å². The molecule has 134 valence electrons. The summed E-state index contributed by atoms with van der Waals surface area (Å²) >= 11 is 6.24. The molecule has 1 saturated heterocycles. The molecule has 0 amide bonds. The van der Waals surface area contributed by atoms with E-state index in [9.17, 15) is 0 Å². The first-order chi connectivity index (χ1) is 11.7. The topological polar surface area (TPSA) is 54.9 Å². The Labute approximate surface area is 149 Å². The maximum atomic E-state index is 6.24. The van der Waals surface area contributed by atoms with E-state index < -0.39 is 0 Å². The molecule has 1 heterocycles. The lowest BCUT2D eigenvalue weighted by atomic mass is 10.1. The van der Waals surface area contributed by atoms with E-state index in [0.717, 1.165) is 62.2 Å². The van der Waals surface area contributed by atoms with Gasteiger partial charge in [0, 0.05) is 38.4 Å². The van der Waals surface area contributed by atoms with Gasteiger partial charge in [-0.15, -0.1) is 0 Å². The van der Waals surface area contributed by atoms with E-state index in [4.69, 9.17) is 21.1 Å². The minimum atomic E-state index is 0.0865. The van der Waals surface area contributed by atoms with E-state index in [1.165, 1.54) is 0 Å². The number of halogens is 1. The van der Waals surface area contributed by atoms with Gasteiger partial charge >= 0.3 is 0 Å². The smallest absolute Gasteiger partial charge is 0.191 e. The second kappa shape index (κ2) is 10.5. The van der Waals surface area contributed by atoms with Crippen LogP contribution in [0, 0.1) is 0 Å². The van der Waals surface area contributed by atoms with Crippen molar-refractivity contribution in [3.8, 4) is 0 Å². The summed E-state index contributed by atoms with van der Waals surface area (Å²) in [6.07, 6.45) is 3.31. The zero-order chi connectivity index (χ0) is 17.2. The molecule has 1 fully saturated rings. The number of rotatable bonds is 7. The van der Waals surface area contributed by atoms with Crippen molar-refractivity contribution in [2.45, 2.75) is 38.3 Å². The molecule has 5 nitrogen and oxygen atoms in total. The second-order valence-electron chi connectivity index (χ2n) is 5.92. The number of benzene rings is 1. The monoisotopic (exact) mass is 353 g/mol. The van der Waals surface area contributed by atoms with Gasteiger partial charge in [-0.05, 0) is 37.8 Å². The molecule has 1 aliphatic rings. The third-order valence-corrected chi connectivity index (χ3v) is 4.43. The molecule has 0 radical (unpaired) electrons. The number of nitrogens with zero attached hydrogens (tertiary/aromatic N) is 1. The van der Waals surface area contributed by atoms with E-state index >= 15 is 0 Å². The van der Waals surface area contributed by atoms with Crippen molar-refractivity contribution in [1.82, 2.24) is 10.6 Å². The fourth-order valence-corrected chi connectivity index (χ4v) is 2.97. The fourth-order valence-electron chi connectivity index (χ4n) is 2.68. The van der Waals surface area contributed by atoms with Crippen LogP contribution in [0.3, 0.4) is 0 Å². The molecule has 0 aromatic heterocycles. The average molecular weight is 354 g/mol. The van der Waals surface area contributed by atoms with Crippen LogP contribution in [0.4, 0.5) is 0 Å². The summed E-state index contributed by atoms with van der Waals surface area (Å²) in [5.41, 5.74) is 1.06. The maximum absolute atomic E-state index is 6.24. The summed E-state index contributed by atoms with van der Waals surface area (Å²) < 4.78 is 11.2. The van der Waals surface area contributed by atoms with Gasteiger partial charge in [0.05, 0.1) is 12.1 Å². The van der Waals surface area contributed by atoms with Crippen LogP contribution in [0.15, 0.2) is 29.3 Å². The van der Waals surface area contributed by atoms with Crippen molar-refractivity contribution in [2.24, 2.45) is 4.99 Å². The summed E-state index contributed by atoms with van der Waals surface area (Å²) in [5, 5.41) is 7.44. The van der Waals surface area contributed by atoms with E-state index in [0.29, 0.717) is 6.10 Å². The first kappa shape index (κ1) is 19.0. The van der Waals surface area contributed by atoms with Crippen molar-refractivity contribution in [3.05, 3.63) is 34.9 Å². The van der Waals surface area contributed by atoms with Crippen molar-refractivity contribution >= 4 is 17.6 Å². The molecule has 1 aromatic rings. The third-order valence-electron chi connectivity index (χ3n) is 4.08. The lowest BCUT2D eigenvalue weighted by Gasteiger charge is -2.22. The number of hydrogen-bond donors (Lipinski definition) is 2. The van der Waals surface area contributed by atoms with Crippen molar-refractivity contribution < 1.29 is 9.47 Å². The molecule has 0 aliphatic carbocycles. The molecule has 24 heavy (non-hydrogen) atoms. The number of nitrogens with one attached hydrogen (secondary N) is 2. The molecule has 0 saturated carbocycles. The van der Waals surface area contributed by atoms with E-state index in [1.807, 2.05) is 24.3 Å². The number of ether oxygens (including phenoxy) is 2. The summed E-state index contributed by atoms with van der Waals surface area (Å²) in [7, 11) is 1.77. The quantitative estimate of drug-likeness (QED) is 0.449. The molecule has 2 rings (SSSR count). The van der Waals surface area contributed by atoms with E-state index in [-0.39, 0.29) is 6.04 Å². The van der Waals surface area contributed by atoms with Gasteiger partial charge in [0.1, 0.15) is 0 Å². The van der Waals surface area contributed by atoms with Gasteiger partial charge in [0.2, 0.25) is 0 Å². The van der Waals surface area contributed by atoms with Crippen LogP contribution in [0.2, 0.25) is 5.02 Å². The lowest BCUT2D eigenvalue weighted by Crippen LogP contribution is -2.39. The number of aliphatic imine (C=N–C) groups is 1. The summed E-state index contributed by atoms with van der Waals surface area (Å²) in [6, 6.07) is 7.93. The Morgan fingerprint density at radius 1 is 1.38 bits per heavy atom. The summed E-state index contributed by atoms with van der Waals surface area (Å²) in [5.74, 6) is 0.772. The minimum absolute atomic E-state index is 0.0865. The third kappa shape index (κ3) is 6.30. The van der Waals surface area contributed by atoms with Gasteiger partial charge in [0.25, 0.3) is 0 Å². The Hall–Kier alpha value is -1.30. The van der Waals surface area contributed by atoms with Crippen molar-refractivity contribution in [1.29, 1.82) is 0 Å². The maximum Gasteiger partial charge on any atom is 0.191 e. The molecule has 1 unspecified atom stereocenters. The van der Waals surface area contributed by atoms with Crippen LogP contribution in [0.25, 0.3) is 0 Å². The Morgan fingerprint density at radius 2 is 2.12 bits per heavy atom. The zero-order valence-electron chi connectivity index (χ0n) is 14.6. The molecular weight excluding hydrogens is 326 g/mol. The predicted molar refractivity (Wildman–Crippen MR) is 98.8 cm³/mol. The highest BCUT2D eigenvalue weighted by atomic mass is 35.5. The molecule has 1 aromatic carbocycles. The SMILES string of the molecule is CN=C(NCCCOC1CCOCC1)NC(C)c1ccccc1Cl. The first-order valence-corrected chi connectivity index (χ1v) is 8.99. The predicted octanol–water partition coefficient (Wildman–Crippen LogP) is 3.15. The summed E-state index contributed by atoms with van der Waals surface area (Å²) in [6.45, 7) is 5.29. The van der Waals surface area contributed by atoms with E-state index in [1.54, 1.807) is 7.05 Å². The number of guanidine groups is 1. The average Bonchev–Trinajstić information content (AvgIpc) is 2.61. The molecule has 1 atom stereocenters. The number of hydrogen-bond acceptors (Lipinski definition) is 3. The normalized spacial score (nSPS) is 17.5. The highest BCUT2D eigenvalue weighted by Gasteiger charge is 2.14. The molecule has 0 spiro atoms. The Balaban J connectivity index is 1.66. The molecule has 0 bridgehead atoms. The molecule has 1 aliphatic heterocycles. The van der Waals surface area contributed by atoms with Gasteiger partial charge < -0.3 is 20.1 Å². The van der Waals surface area contributed by atoms with Crippen LogP contribution in [-0.4, -0.2) is 45.5 Å². The van der Waals surface area contributed by atoms with Crippen LogP contribution in [-0.2, 0) is 9.47 Å². The molecule has 6 heteroatoms. The van der Waals surface area contributed by atoms with Crippen molar-refractivity contribution in [3.63, 3.8) is 0 Å². The largest absolute Gasteiger partial charge is 0.381 e. The van der Waals surface area contributed by atoms with Gasteiger partial charge in [-0.1, -0.05) is 29.8 Å².